The van der Waals surface area contributed by atoms with Crippen molar-refractivity contribution < 1.29 is 4.74 Å². The zero-order valence-corrected chi connectivity index (χ0v) is 16.8. The standard InChI is InChI=1S/C22H23ClN2OS/c23-20-4-2-1-3-16(20)15-26-19-7-5-17(6-8-19)22-11-9-18(10-12-22)25-13-14-27-24-21(22)25/h1-8,18H,9-15H2. The van der Waals surface area contributed by atoms with Crippen LogP contribution in [-0.4, -0.2) is 29.1 Å². The van der Waals surface area contributed by atoms with Gasteiger partial charge < -0.3 is 9.64 Å². The molecule has 0 aromatic heterocycles. The monoisotopic (exact) mass is 398 g/mol. The van der Waals surface area contributed by atoms with E-state index in [9.17, 15) is 0 Å². The highest BCUT2D eigenvalue weighted by atomic mass is 35.5. The maximum Gasteiger partial charge on any atom is 0.123 e. The van der Waals surface area contributed by atoms with Gasteiger partial charge in [0.15, 0.2) is 0 Å². The summed E-state index contributed by atoms with van der Waals surface area (Å²) in [6.07, 6.45) is 5.00. The molecule has 1 saturated carbocycles. The fourth-order valence-electron chi connectivity index (χ4n) is 4.82. The molecule has 4 aliphatic rings. The third-order valence-corrected chi connectivity index (χ3v) is 7.32. The minimum absolute atomic E-state index is 0.101. The lowest BCUT2D eigenvalue weighted by Gasteiger charge is -2.55. The summed E-state index contributed by atoms with van der Waals surface area (Å²) in [4.78, 5) is 2.59. The molecule has 3 aliphatic heterocycles. The molecule has 0 atom stereocenters. The molecule has 2 bridgehead atoms. The minimum Gasteiger partial charge on any atom is -0.489 e. The van der Waals surface area contributed by atoms with Crippen LogP contribution in [0.3, 0.4) is 0 Å². The summed E-state index contributed by atoms with van der Waals surface area (Å²) in [7, 11) is 0. The normalized spacial score (nSPS) is 26.5. The average Bonchev–Trinajstić information content (AvgIpc) is 2.74. The van der Waals surface area contributed by atoms with Gasteiger partial charge in [0.2, 0.25) is 0 Å². The lowest BCUT2D eigenvalue weighted by atomic mass is 9.63. The van der Waals surface area contributed by atoms with Crippen molar-refractivity contribution in [1.82, 2.24) is 4.90 Å². The van der Waals surface area contributed by atoms with Crippen molar-refractivity contribution in [2.75, 3.05) is 12.3 Å². The molecule has 3 heterocycles. The summed E-state index contributed by atoms with van der Waals surface area (Å²) < 4.78 is 10.9. The molecule has 0 radical (unpaired) electrons. The van der Waals surface area contributed by atoms with Crippen molar-refractivity contribution in [2.24, 2.45) is 4.40 Å². The van der Waals surface area contributed by atoms with Gasteiger partial charge in [-0.2, -0.15) is 0 Å². The predicted octanol–water partition coefficient (Wildman–Crippen LogP) is 5.48. The second-order valence-corrected chi connectivity index (χ2v) is 8.92. The van der Waals surface area contributed by atoms with E-state index in [-0.39, 0.29) is 5.41 Å². The SMILES string of the molecule is Clc1ccccc1COc1ccc(C23CCC(CC2)N2CCSN=C23)cc1. The molecule has 0 spiro atoms. The van der Waals surface area contributed by atoms with Gasteiger partial charge in [0.05, 0.1) is 5.41 Å². The molecule has 3 fully saturated rings. The molecule has 27 heavy (non-hydrogen) atoms. The Labute approximate surface area is 169 Å². The van der Waals surface area contributed by atoms with Crippen LogP contribution in [0.5, 0.6) is 5.75 Å². The third-order valence-electron chi connectivity index (χ3n) is 6.28. The molecule has 2 aromatic rings. The van der Waals surface area contributed by atoms with Crippen LogP contribution in [0.15, 0.2) is 52.9 Å². The maximum absolute atomic E-state index is 6.22. The molecule has 2 saturated heterocycles. The van der Waals surface area contributed by atoms with E-state index >= 15 is 0 Å². The largest absolute Gasteiger partial charge is 0.489 e. The predicted molar refractivity (Wildman–Crippen MR) is 113 cm³/mol. The number of amidine groups is 1. The van der Waals surface area contributed by atoms with Crippen molar-refractivity contribution in [2.45, 2.75) is 43.7 Å². The summed E-state index contributed by atoms with van der Waals surface area (Å²) in [6, 6.07) is 17.2. The van der Waals surface area contributed by atoms with Crippen molar-refractivity contribution >= 4 is 29.4 Å². The molecule has 2 aromatic carbocycles. The van der Waals surface area contributed by atoms with E-state index in [1.807, 2.05) is 24.3 Å². The van der Waals surface area contributed by atoms with Crippen molar-refractivity contribution in [3.05, 3.63) is 64.7 Å². The van der Waals surface area contributed by atoms with Gasteiger partial charge in [0.25, 0.3) is 0 Å². The van der Waals surface area contributed by atoms with Gasteiger partial charge in [-0.15, -0.1) is 0 Å². The minimum atomic E-state index is 0.101. The lowest BCUT2D eigenvalue weighted by Crippen LogP contribution is -2.61. The van der Waals surface area contributed by atoms with E-state index in [1.165, 1.54) is 37.1 Å². The Morgan fingerprint density at radius 3 is 2.67 bits per heavy atom. The highest BCUT2D eigenvalue weighted by Crippen LogP contribution is 2.49. The summed E-state index contributed by atoms with van der Waals surface area (Å²) in [5.41, 5.74) is 2.50. The second-order valence-electron chi connectivity index (χ2n) is 7.66. The van der Waals surface area contributed by atoms with Crippen LogP contribution < -0.4 is 4.74 Å². The van der Waals surface area contributed by atoms with Gasteiger partial charge in [-0.05, 0) is 61.4 Å². The number of fused-ring (bicyclic) bond motifs is 2. The molecule has 0 amide bonds. The number of nitrogens with zero attached hydrogens (tertiary/aromatic N) is 2. The number of rotatable bonds is 4. The quantitative estimate of drug-likeness (QED) is 0.638. The number of piperidine rings is 2. The lowest BCUT2D eigenvalue weighted by molar-refractivity contribution is 0.153. The van der Waals surface area contributed by atoms with Crippen molar-refractivity contribution in [1.29, 1.82) is 0 Å². The summed E-state index contributed by atoms with van der Waals surface area (Å²) in [6.45, 7) is 1.64. The van der Waals surface area contributed by atoms with Gasteiger partial charge in [-0.1, -0.05) is 41.9 Å². The van der Waals surface area contributed by atoms with Crippen LogP contribution in [0.25, 0.3) is 0 Å². The molecule has 3 nitrogen and oxygen atoms in total. The summed E-state index contributed by atoms with van der Waals surface area (Å²) >= 11 is 7.96. The number of ether oxygens (including phenoxy) is 1. The molecule has 1 aliphatic carbocycles. The van der Waals surface area contributed by atoms with Crippen molar-refractivity contribution in [3.8, 4) is 5.75 Å². The van der Waals surface area contributed by atoms with Crippen LogP contribution in [0.2, 0.25) is 5.02 Å². The highest BCUT2D eigenvalue weighted by Gasteiger charge is 2.51. The van der Waals surface area contributed by atoms with E-state index < -0.39 is 0 Å². The maximum atomic E-state index is 6.22. The first-order valence-electron chi connectivity index (χ1n) is 9.70. The Balaban J connectivity index is 1.37. The summed E-state index contributed by atoms with van der Waals surface area (Å²) in [5.74, 6) is 3.33. The van der Waals surface area contributed by atoms with Gasteiger partial charge in [0, 0.05) is 28.9 Å². The van der Waals surface area contributed by atoms with Crippen LogP contribution in [0.1, 0.15) is 36.8 Å². The first-order valence-corrected chi connectivity index (χ1v) is 11.0. The van der Waals surface area contributed by atoms with E-state index in [1.54, 1.807) is 11.9 Å². The number of hydrogen-bond donors (Lipinski definition) is 0. The van der Waals surface area contributed by atoms with Crippen LogP contribution in [-0.2, 0) is 12.0 Å². The van der Waals surface area contributed by atoms with Gasteiger partial charge in [-0.3, -0.25) is 0 Å². The first kappa shape index (κ1) is 17.4. The smallest absolute Gasteiger partial charge is 0.123 e. The first-order chi connectivity index (χ1) is 13.3. The zero-order chi connectivity index (χ0) is 18.3. The second kappa shape index (κ2) is 7.06. The number of halogens is 1. The fourth-order valence-corrected chi connectivity index (χ4v) is 5.78. The van der Waals surface area contributed by atoms with E-state index in [0.29, 0.717) is 12.6 Å². The number of benzene rings is 2. The fraction of sp³-hybridized carbons (Fsp3) is 0.409. The molecule has 5 heteroatoms. The summed E-state index contributed by atoms with van der Waals surface area (Å²) in [5, 5.41) is 0.750. The van der Waals surface area contributed by atoms with E-state index in [0.717, 1.165) is 28.6 Å². The van der Waals surface area contributed by atoms with E-state index in [4.69, 9.17) is 20.7 Å². The highest BCUT2D eigenvalue weighted by molar-refractivity contribution is 7.98. The Hall–Kier alpha value is -1.65. The molecule has 140 valence electrons. The Kier molecular flexibility index (Phi) is 4.57. The van der Waals surface area contributed by atoms with E-state index in [2.05, 4.69) is 29.2 Å². The van der Waals surface area contributed by atoms with Crippen LogP contribution in [0.4, 0.5) is 0 Å². The van der Waals surface area contributed by atoms with Gasteiger partial charge in [-0.25, -0.2) is 4.40 Å². The zero-order valence-electron chi connectivity index (χ0n) is 15.2. The van der Waals surface area contributed by atoms with Crippen LogP contribution >= 0.6 is 23.5 Å². The molecular formula is C22H23ClN2OS. The topological polar surface area (TPSA) is 24.8 Å². The molecule has 0 N–H and O–H groups in total. The third kappa shape index (κ3) is 3.03. The van der Waals surface area contributed by atoms with Crippen LogP contribution in [0, 0.1) is 0 Å². The Morgan fingerprint density at radius 2 is 1.89 bits per heavy atom. The van der Waals surface area contributed by atoms with Crippen molar-refractivity contribution in [3.63, 3.8) is 0 Å². The average molecular weight is 399 g/mol. The Morgan fingerprint density at radius 1 is 1.11 bits per heavy atom. The molecular weight excluding hydrogens is 376 g/mol. The number of hydrogen-bond acceptors (Lipinski definition) is 4. The van der Waals surface area contributed by atoms with Gasteiger partial charge in [0.1, 0.15) is 18.2 Å². The molecule has 6 rings (SSSR count). The Bertz CT molecular complexity index is 859. The molecule has 0 unspecified atom stereocenters. The van der Waals surface area contributed by atoms with Gasteiger partial charge >= 0.3 is 0 Å².